The molecule has 0 heterocycles. The predicted octanol–water partition coefficient (Wildman–Crippen LogP) is 3.71. The Morgan fingerprint density at radius 2 is 1.54 bits per heavy atom. The fourth-order valence-corrected chi connectivity index (χ4v) is 4.69. The van der Waals surface area contributed by atoms with Gasteiger partial charge in [0.05, 0.1) is 37.0 Å². The maximum absolute atomic E-state index is 13.6. The molecule has 0 bridgehead atoms. The van der Waals surface area contributed by atoms with Crippen LogP contribution in [0.3, 0.4) is 0 Å². The summed E-state index contributed by atoms with van der Waals surface area (Å²) in [6.45, 7) is 1.47. The van der Waals surface area contributed by atoms with Crippen LogP contribution in [0.1, 0.15) is 17.3 Å². The number of hydrogen-bond donors (Lipinski definition) is 1. The zero-order chi connectivity index (χ0) is 25.4. The van der Waals surface area contributed by atoms with Gasteiger partial charge >= 0.3 is 5.97 Å². The van der Waals surface area contributed by atoms with Crippen LogP contribution in [0, 0.1) is 0 Å². The Hall–Kier alpha value is -4.05. The first-order chi connectivity index (χ1) is 16.8. The van der Waals surface area contributed by atoms with Crippen LogP contribution in [0.2, 0.25) is 0 Å². The Labute approximate surface area is 204 Å². The van der Waals surface area contributed by atoms with E-state index in [1.165, 1.54) is 44.6 Å². The molecule has 0 aromatic heterocycles. The maximum Gasteiger partial charge on any atom is 0.338 e. The average molecular weight is 499 g/mol. The second-order valence-electron chi connectivity index (χ2n) is 7.21. The standard InChI is InChI=1S/C25H26N2O7S/c1-4-34-25(29)18-10-12-19(13-11-18)26-24(28)17-27(20-8-6-5-7-9-20)35(30,31)21-14-15-22(32-2)23(16-21)33-3/h5-16H,4,17H2,1-3H3,(H,26,28). The largest absolute Gasteiger partial charge is 0.493 e. The van der Waals surface area contributed by atoms with Crippen molar-refractivity contribution in [2.24, 2.45) is 0 Å². The monoisotopic (exact) mass is 498 g/mol. The van der Waals surface area contributed by atoms with Gasteiger partial charge in [0, 0.05) is 11.8 Å². The third-order valence-corrected chi connectivity index (χ3v) is 6.72. The summed E-state index contributed by atoms with van der Waals surface area (Å²) < 4.78 is 43.5. The van der Waals surface area contributed by atoms with Crippen LogP contribution in [0.25, 0.3) is 0 Å². The Morgan fingerprint density at radius 3 is 2.14 bits per heavy atom. The number of nitrogens with zero attached hydrogens (tertiary/aromatic N) is 1. The highest BCUT2D eigenvalue weighted by Crippen LogP contribution is 2.32. The molecule has 0 radical (unpaired) electrons. The molecule has 0 aliphatic carbocycles. The Morgan fingerprint density at radius 1 is 0.886 bits per heavy atom. The summed E-state index contributed by atoms with van der Waals surface area (Å²) in [4.78, 5) is 24.6. The van der Waals surface area contributed by atoms with E-state index in [-0.39, 0.29) is 17.3 Å². The first-order valence-electron chi connectivity index (χ1n) is 10.7. The minimum absolute atomic E-state index is 0.0643. The molecular weight excluding hydrogens is 472 g/mol. The van der Waals surface area contributed by atoms with Crippen molar-refractivity contribution in [2.45, 2.75) is 11.8 Å². The molecule has 1 N–H and O–H groups in total. The number of nitrogens with one attached hydrogen (secondary N) is 1. The number of sulfonamides is 1. The molecule has 0 unspecified atom stereocenters. The SMILES string of the molecule is CCOC(=O)c1ccc(NC(=O)CN(c2ccccc2)S(=O)(=O)c2ccc(OC)c(OC)c2)cc1. The number of carbonyl (C=O) groups is 2. The van der Waals surface area contributed by atoms with E-state index >= 15 is 0 Å². The fraction of sp³-hybridized carbons (Fsp3) is 0.200. The van der Waals surface area contributed by atoms with Crippen LogP contribution >= 0.6 is 0 Å². The van der Waals surface area contributed by atoms with Crippen molar-refractivity contribution in [3.63, 3.8) is 0 Å². The predicted molar refractivity (Wildman–Crippen MR) is 132 cm³/mol. The molecule has 0 aliphatic rings. The molecule has 184 valence electrons. The molecule has 0 saturated heterocycles. The summed E-state index contributed by atoms with van der Waals surface area (Å²) >= 11 is 0. The second-order valence-corrected chi connectivity index (χ2v) is 9.07. The first-order valence-corrected chi connectivity index (χ1v) is 12.1. The van der Waals surface area contributed by atoms with Crippen molar-refractivity contribution in [3.8, 4) is 11.5 Å². The summed E-state index contributed by atoms with van der Waals surface area (Å²) in [7, 11) is -1.29. The van der Waals surface area contributed by atoms with Gasteiger partial charge in [0.15, 0.2) is 11.5 Å². The molecule has 0 atom stereocenters. The van der Waals surface area contributed by atoms with Crippen LogP contribution in [0.15, 0.2) is 77.7 Å². The lowest BCUT2D eigenvalue weighted by atomic mass is 10.2. The van der Waals surface area contributed by atoms with Crippen molar-refractivity contribution < 1.29 is 32.2 Å². The lowest BCUT2D eigenvalue weighted by Gasteiger charge is -2.24. The molecule has 3 aromatic carbocycles. The summed E-state index contributed by atoms with van der Waals surface area (Å²) in [6.07, 6.45) is 0. The molecule has 0 saturated carbocycles. The van der Waals surface area contributed by atoms with Crippen LogP contribution < -0.4 is 19.1 Å². The van der Waals surface area contributed by atoms with E-state index in [1.807, 2.05) is 0 Å². The zero-order valence-electron chi connectivity index (χ0n) is 19.6. The number of rotatable bonds is 10. The summed E-state index contributed by atoms with van der Waals surface area (Å²) in [5, 5.41) is 2.66. The number of benzene rings is 3. The third kappa shape index (κ3) is 6.10. The summed E-state index contributed by atoms with van der Waals surface area (Å²) in [5.74, 6) is -0.419. The van der Waals surface area contributed by atoms with E-state index in [1.54, 1.807) is 49.4 Å². The van der Waals surface area contributed by atoms with Gasteiger partial charge in [0.2, 0.25) is 5.91 Å². The zero-order valence-corrected chi connectivity index (χ0v) is 20.4. The molecular formula is C25H26N2O7S. The lowest BCUT2D eigenvalue weighted by molar-refractivity contribution is -0.114. The van der Waals surface area contributed by atoms with Gasteiger partial charge in [-0.1, -0.05) is 18.2 Å². The van der Waals surface area contributed by atoms with Crippen molar-refractivity contribution in [1.29, 1.82) is 0 Å². The molecule has 0 aliphatic heterocycles. The molecule has 0 spiro atoms. The van der Waals surface area contributed by atoms with Gasteiger partial charge in [-0.2, -0.15) is 0 Å². The molecule has 10 heteroatoms. The highest BCUT2D eigenvalue weighted by Gasteiger charge is 2.28. The highest BCUT2D eigenvalue weighted by atomic mass is 32.2. The topological polar surface area (TPSA) is 111 Å². The average Bonchev–Trinajstić information content (AvgIpc) is 2.87. The van der Waals surface area contributed by atoms with E-state index in [9.17, 15) is 18.0 Å². The quantitative estimate of drug-likeness (QED) is 0.424. The molecule has 9 nitrogen and oxygen atoms in total. The Kier molecular flexibility index (Phi) is 8.32. The van der Waals surface area contributed by atoms with Crippen LogP contribution in [0.5, 0.6) is 11.5 Å². The number of ether oxygens (including phenoxy) is 3. The van der Waals surface area contributed by atoms with Crippen LogP contribution in [-0.2, 0) is 19.6 Å². The maximum atomic E-state index is 13.6. The van der Waals surface area contributed by atoms with Gasteiger partial charge in [-0.15, -0.1) is 0 Å². The smallest absolute Gasteiger partial charge is 0.338 e. The van der Waals surface area contributed by atoms with Gasteiger partial charge in [0.25, 0.3) is 10.0 Å². The van der Waals surface area contributed by atoms with E-state index in [0.717, 1.165) is 4.31 Å². The Bertz CT molecular complexity index is 1280. The number of hydrogen-bond acceptors (Lipinski definition) is 7. The number of esters is 1. The summed E-state index contributed by atoms with van der Waals surface area (Å²) in [5.41, 5.74) is 1.06. The van der Waals surface area contributed by atoms with Gasteiger partial charge < -0.3 is 19.5 Å². The van der Waals surface area contributed by atoms with E-state index < -0.39 is 28.4 Å². The van der Waals surface area contributed by atoms with Gasteiger partial charge in [0.1, 0.15) is 6.54 Å². The number of carbonyl (C=O) groups excluding carboxylic acids is 2. The van der Waals surface area contributed by atoms with Crippen molar-refractivity contribution in [2.75, 3.05) is 37.0 Å². The normalized spacial score (nSPS) is 10.8. The molecule has 35 heavy (non-hydrogen) atoms. The molecule has 3 rings (SSSR count). The van der Waals surface area contributed by atoms with E-state index in [2.05, 4.69) is 5.32 Å². The summed E-state index contributed by atoms with van der Waals surface area (Å²) in [6, 6.07) is 18.6. The van der Waals surface area contributed by atoms with Crippen molar-refractivity contribution >= 4 is 33.3 Å². The van der Waals surface area contributed by atoms with Crippen LogP contribution in [0.4, 0.5) is 11.4 Å². The van der Waals surface area contributed by atoms with Crippen molar-refractivity contribution in [3.05, 3.63) is 78.4 Å². The van der Waals surface area contributed by atoms with Crippen molar-refractivity contribution in [1.82, 2.24) is 0 Å². The van der Waals surface area contributed by atoms with Gasteiger partial charge in [-0.3, -0.25) is 9.10 Å². The Balaban J connectivity index is 1.87. The fourth-order valence-electron chi connectivity index (χ4n) is 3.25. The number of anilines is 2. The molecule has 3 aromatic rings. The third-order valence-electron chi connectivity index (χ3n) is 4.95. The number of methoxy groups -OCH3 is 2. The second kappa shape index (κ2) is 11.4. The first kappa shape index (κ1) is 25.6. The molecule has 1 amide bonds. The van der Waals surface area contributed by atoms with E-state index in [4.69, 9.17) is 14.2 Å². The minimum atomic E-state index is -4.15. The number of para-hydroxylation sites is 1. The van der Waals surface area contributed by atoms with Crippen LogP contribution in [-0.4, -0.2) is 47.7 Å². The van der Waals surface area contributed by atoms with E-state index in [0.29, 0.717) is 22.7 Å². The highest BCUT2D eigenvalue weighted by molar-refractivity contribution is 7.92. The van der Waals surface area contributed by atoms with Gasteiger partial charge in [-0.05, 0) is 55.5 Å². The minimum Gasteiger partial charge on any atom is -0.493 e. The lowest BCUT2D eigenvalue weighted by Crippen LogP contribution is -2.38. The van der Waals surface area contributed by atoms with Gasteiger partial charge in [-0.25, -0.2) is 13.2 Å². The molecule has 0 fully saturated rings. The number of amides is 1.